The number of H-pyrrole nitrogens is 1. The molecule has 4 aliphatic heterocycles. The summed E-state index contributed by atoms with van der Waals surface area (Å²) >= 11 is 0. The average molecular weight is 531 g/mol. The summed E-state index contributed by atoms with van der Waals surface area (Å²) in [6.45, 7) is 0. The van der Waals surface area contributed by atoms with E-state index in [4.69, 9.17) is 30.0 Å². The summed E-state index contributed by atoms with van der Waals surface area (Å²) in [5.74, 6) is 2.58. The molecule has 5 heterocycles. The second kappa shape index (κ2) is 8.33. The van der Waals surface area contributed by atoms with Gasteiger partial charge in [-0.25, -0.2) is 30.0 Å². The van der Waals surface area contributed by atoms with Crippen LogP contribution >= 0.6 is 0 Å². The summed E-state index contributed by atoms with van der Waals surface area (Å²) in [7, 11) is 2.06. The second-order valence-electron chi connectivity index (χ2n) is 10.5. The van der Waals surface area contributed by atoms with Crippen molar-refractivity contribution in [3.8, 4) is 0 Å². The Morgan fingerprint density at radius 1 is 0.488 bits per heavy atom. The summed E-state index contributed by atoms with van der Waals surface area (Å²) < 4.78 is 0. The van der Waals surface area contributed by atoms with E-state index < -0.39 is 0 Å². The number of aliphatic imine (C=N–C) groups is 4. The molecule has 0 fully saturated rings. The number of aromatic amines is 1. The molecule has 4 aromatic carbocycles. The van der Waals surface area contributed by atoms with Gasteiger partial charge in [-0.05, 0) is 18.2 Å². The van der Waals surface area contributed by atoms with Crippen LogP contribution in [-0.4, -0.2) is 40.3 Å². The fourth-order valence-electron chi connectivity index (χ4n) is 6.19. The van der Waals surface area contributed by atoms with Crippen molar-refractivity contribution < 1.29 is 0 Å². The molecular weight excluding hydrogens is 508 g/mol. The molecule has 0 saturated heterocycles. The summed E-state index contributed by atoms with van der Waals surface area (Å²) in [5.41, 5.74) is 7.46. The van der Waals surface area contributed by atoms with E-state index in [2.05, 4.69) is 77.6 Å². The fraction of sp³-hybridized carbons (Fsp3) is 0.0909. The minimum Gasteiger partial charge on any atom is -0.324 e. The third-order valence-corrected chi connectivity index (χ3v) is 8.16. The Morgan fingerprint density at radius 3 is 1.34 bits per heavy atom. The highest BCUT2D eigenvalue weighted by atomic mass is 15.3. The van der Waals surface area contributed by atoms with E-state index in [1.54, 1.807) is 0 Å². The van der Waals surface area contributed by atoms with Crippen LogP contribution in [-0.2, 0) is 0 Å². The largest absolute Gasteiger partial charge is 0.324 e. The predicted octanol–water partition coefficient (Wildman–Crippen LogP) is 4.48. The van der Waals surface area contributed by atoms with Gasteiger partial charge < -0.3 is 4.98 Å². The molecule has 0 aliphatic carbocycles. The number of benzene rings is 4. The van der Waals surface area contributed by atoms with Gasteiger partial charge >= 0.3 is 0 Å². The van der Waals surface area contributed by atoms with Crippen molar-refractivity contribution in [2.45, 2.75) is 12.3 Å². The average Bonchev–Trinajstić information content (AvgIpc) is 3.72. The molecule has 1 N–H and O–H groups in total. The Balaban J connectivity index is 1.39. The summed E-state index contributed by atoms with van der Waals surface area (Å²) in [5, 5.41) is 1.93. The van der Waals surface area contributed by atoms with E-state index in [-0.39, 0.29) is 12.3 Å². The maximum absolute atomic E-state index is 5.24. The molecule has 5 aromatic rings. The molecule has 194 valence electrons. The monoisotopic (exact) mass is 530 g/mol. The van der Waals surface area contributed by atoms with Gasteiger partial charge in [0, 0.05) is 33.0 Å². The molecule has 41 heavy (non-hydrogen) atoms. The van der Waals surface area contributed by atoms with E-state index in [1.165, 1.54) is 0 Å². The van der Waals surface area contributed by atoms with Gasteiger partial charge in [0.25, 0.3) is 0 Å². The van der Waals surface area contributed by atoms with Crippen LogP contribution in [0.4, 0.5) is 0 Å². The van der Waals surface area contributed by atoms with Crippen LogP contribution in [0.1, 0.15) is 45.7 Å². The van der Waals surface area contributed by atoms with E-state index >= 15 is 0 Å². The molecule has 8 bridgehead atoms. The molecule has 2 atom stereocenters. The highest BCUT2D eigenvalue weighted by molar-refractivity contribution is 6.23. The number of nitrogens with one attached hydrogen (secondary N) is 1. The zero-order valence-corrected chi connectivity index (χ0v) is 22.0. The zero-order chi connectivity index (χ0) is 27.1. The first-order valence-corrected chi connectivity index (χ1v) is 13.6. The molecule has 0 saturated carbocycles. The SMILES string of the molecule is CN1C2N=C3N=C(N=c4[nH]c(c5ccccc45)=NC4=NC(=NC1c1ccccc12)c1ccccc14)c1ccccc13. The third-order valence-electron chi connectivity index (χ3n) is 8.16. The molecule has 8 heteroatoms. The summed E-state index contributed by atoms with van der Waals surface area (Å²) in [6, 6.07) is 32.8. The fourth-order valence-corrected chi connectivity index (χ4v) is 6.19. The van der Waals surface area contributed by atoms with Crippen LogP contribution in [0, 0.1) is 0 Å². The van der Waals surface area contributed by atoms with Crippen molar-refractivity contribution >= 4 is 34.1 Å². The quantitative estimate of drug-likeness (QED) is 0.314. The number of rotatable bonds is 0. The van der Waals surface area contributed by atoms with Gasteiger partial charge in [0.05, 0.1) is 0 Å². The number of amidine groups is 4. The van der Waals surface area contributed by atoms with Gasteiger partial charge in [-0.1, -0.05) is 97.1 Å². The van der Waals surface area contributed by atoms with Gasteiger partial charge in [-0.2, -0.15) is 0 Å². The highest BCUT2D eigenvalue weighted by Crippen LogP contribution is 2.43. The van der Waals surface area contributed by atoms with Crippen LogP contribution in [0.3, 0.4) is 0 Å². The first-order valence-electron chi connectivity index (χ1n) is 13.6. The van der Waals surface area contributed by atoms with E-state index in [0.717, 1.165) is 44.2 Å². The van der Waals surface area contributed by atoms with E-state index in [1.807, 2.05) is 36.4 Å². The maximum Gasteiger partial charge on any atom is 0.164 e. The van der Waals surface area contributed by atoms with E-state index in [9.17, 15) is 0 Å². The Kier molecular flexibility index (Phi) is 4.57. The lowest BCUT2D eigenvalue weighted by atomic mass is 10.1. The van der Waals surface area contributed by atoms with Crippen LogP contribution in [0.5, 0.6) is 0 Å². The molecule has 0 radical (unpaired) electrons. The molecule has 1 aromatic heterocycles. The van der Waals surface area contributed by atoms with Gasteiger partial charge in [-0.15, -0.1) is 0 Å². The summed E-state index contributed by atoms with van der Waals surface area (Å²) in [4.78, 5) is 36.2. The third kappa shape index (κ3) is 3.25. The zero-order valence-electron chi connectivity index (χ0n) is 22.0. The molecule has 9 rings (SSSR count). The topological polar surface area (TPSA) is 93.2 Å². The highest BCUT2D eigenvalue weighted by Gasteiger charge is 2.38. The lowest BCUT2D eigenvalue weighted by Gasteiger charge is -2.21. The Labute approximate surface area is 234 Å². The van der Waals surface area contributed by atoms with Gasteiger partial charge in [-0.3, -0.25) is 4.90 Å². The number of hydrogen-bond acceptors (Lipinski definition) is 7. The van der Waals surface area contributed by atoms with Crippen LogP contribution in [0.25, 0.3) is 10.8 Å². The second-order valence-corrected chi connectivity index (χ2v) is 10.5. The molecule has 0 amide bonds. The molecular formula is C33H22N8. The van der Waals surface area contributed by atoms with Crippen molar-refractivity contribution in [1.82, 2.24) is 9.88 Å². The Hall–Kier alpha value is -5.34. The van der Waals surface area contributed by atoms with Crippen LogP contribution < -0.4 is 11.0 Å². The van der Waals surface area contributed by atoms with Crippen molar-refractivity contribution in [2.75, 3.05) is 7.05 Å². The first-order chi connectivity index (χ1) is 20.2. The molecule has 8 nitrogen and oxygen atoms in total. The van der Waals surface area contributed by atoms with Crippen molar-refractivity contribution in [3.05, 3.63) is 141 Å². The van der Waals surface area contributed by atoms with Crippen LogP contribution in [0.2, 0.25) is 0 Å². The molecule has 0 spiro atoms. The minimum atomic E-state index is -0.262. The number of hydrogen-bond donors (Lipinski definition) is 1. The minimum absolute atomic E-state index is 0.262. The summed E-state index contributed by atoms with van der Waals surface area (Å²) in [6.07, 6.45) is -0.523. The smallest absolute Gasteiger partial charge is 0.164 e. The van der Waals surface area contributed by atoms with E-state index in [0.29, 0.717) is 34.3 Å². The predicted molar refractivity (Wildman–Crippen MR) is 159 cm³/mol. The number of aromatic nitrogens is 1. The Bertz CT molecular complexity index is 2050. The van der Waals surface area contributed by atoms with Gasteiger partial charge in [0.1, 0.15) is 23.3 Å². The lowest BCUT2D eigenvalue weighted by Crippen LogP contribution is -2.21. The van der Waals surface area contributed by atoms with Crippen molar-refractivity contribution in [3.63, 3.8) is 0 Å². The van der Waals surface area contributed by atoms with Crippen molar-refractivity contribution in [2.24, 2.45) is 30.0 Å². The number of fused-ring (bicyclic) bond motifs is 18. The molecule has 2 unspecified atom stereocenters. The van der Waals surface area contributed by atoms with Gasteiger partial charge in [0.2, 0.25) is 0 Å². The standard InChI is InChI=1S/C33H22N8/c1-41-32-24-16-8-9-17-25(24)33(41)40-31-23-15-7-5-13-21(23)29(38-31)36-27-19-11-3-2-10-18(19)26(34-27)35-28-20-12-4-6-14-22(20)30(37-28)39-32/h2-17,32-33H,1H3,(H,34,35,36,37,38,39,40). The lowest BCUT2D eigenvalue weighted by molar-refractivity contribution is 0.218. The van der Waals surface area contributed by atoms with Crippen LogP contribution in [0.15, 0.2) is 127 Å². The molecule has 4 aliphatic rings. The maximum atomic E-state index is 5.24. The van der Waals surface area contributed by atoms with Crippen molar-refractivity contribution in [1.29, 1.82) is 0 Å². The van der Waals surface area contributed by atoms with Gasteiger partial charge in [0.15, 0.2) is 23.3 Å². The first kappa shape index (κ1) is 22.5. The normalized spacial score (nSPS) is 20.2. The Morgan fingerprint density at radius 2 is 0.878 bits per heavy atom. The number of nitrogens with zero attached hydrogens (tertiary/aromatic N) is 7.